The molecule has 2 aliphatic rings. The van der Waals surface area contributed by atoms with Gasteiger partial charge in [0.2, 0.25) is 5.91 Å². The Morgan fingerprint density at radius 1 is 1.33 bits per heavy atom. The third-order valence-electron chi connectivity index (χ3n) is 4.73. The molecule has 1 amide bonds. The second kappa shape index (κ2) is 5.77. The maximum atomic E-state index is 12.8. The van der Waals surface area contributed by atoms with E-state index in [0.29, 0.717) is 6.04 Å². The van der Waals surface area contributed by atoms with Gasteiger partial charge < -0.3 is 5.32 Å². The van der Waals surface area contributed by atoms with E-state index in [1.54, 1.807) is 0 Å². The fourth-order valence-electron chi connectivity index (χ4n) is 3.61. The normalized spacial score (nSPS) is 27.6. The highest BCUT2D eigenvalue weighted by molar-refractivity contribution is 5.98. The molecule has 2 fully saturated rings. The van der Waals surface area contributed by atoms with Gasteiger partial charge in [-0.05, 0) is 39.8 Å². The van der Waals surface area contributed by atoms with Gasteiger partial charge in [-0.1, -0.05) is 0 Å². The van der Waals surface area contributed by atoms with Crippen molar-refractivity contribution in [2.75, 3.05) is 31.6 Å². The molecule has 2 aliphatic heterocycles. The highest BCUT2D eigenvalue weighted by atomic mass is 16.2. The Labute approximate surface area is 126 Å². The van der Waals surface area contributed by atoms with E-state index >= 15 is 0 Å². The number of rotatable bonds is 3. The molecule has 0 saturated carbocycles. The Bertz CT molecular complexity index is 526. The molecule has 3 rings (SSSR count). The average molecular weight is 291 g/mol. The first kappa shape index (κ1) is 14.5. The van der Waals surface area contributed by atoms with Crippen LogP contribution in [0.25, 0.3) is 0 Å². The number of anilines is 1. The summed E-state index contributed by atoms with van der Waals surface area (Å²) in [5, 5.41) is 7.70. The summed E-state index contributed by atoms with van der Waals surface area (Å²) in [6.45, 7) is 4.77. The van der Waals surface area contributed by atoms with Gasteiger partial charge in [-0.3, -0.25) is 19.3 Å². The lowest BCUT2D eigenvalue weighted by molar-refractivity contribution is -0.122. The van der Waals surface area contributed by atoms with Crippen molar-refractivity contribution in [3.8, 4) is 0 Å². The fraction of sp³-hybridized carbons (Fsp3) is 0.733. The monoisotopic (exact) mass is 291 g/mol. The van der Waals surface area contributed by atoms with Gasteiger partial charge in [-0.15, -0.1) is 0 Å². The smallest absolute Gasteiger partial charge is 0.245 e. The largest absolute Gasteiger partial charge is 0.316 e. The van der Waals surface area contributed by atoms with Crippen LogP contribution in [0.2, 0.25) is 0 Å². The number of aryl methyl sites for hydroxylation is 2. The van der Waals surface area contributed by atoms with Crippen molar-refractivity contribution < 1.29 is 4.79 Å². The summed E-state index contributed by atoms with van der Waals surface area (Å²) >= 11 is 0. The van der Waals surface area contributed by atoms with Gasteiger partial charge in [0, 0.05) is 32.2 Å². The second-order valence-corrected chi connectivity index (χ2v) is 6.18. The molecule has 2 atom stereocenters. The van der Waals surface area contributed by atoms with Crippen LogP contribution in [-0.2, 0) is 11.8 Å². The topological polar surface area (TPSA) is 53.4 Å². The summed E-state index contributed by atoms with van der Waals surface area (Å²) in [6.07, 6.45) is 3.29. The highest BCUT2D eigenvalue weighted by Gasteiger charge is 2.39. The molecular weight excluding hydrogens is 266 g/mol. The number of likely N-dealkylation sites (tertiary alicyclic amines) is 1. The maximum absolute atomic E-state index is 12.8. The van der Waals surface area contributed by atoms with Gasteiger partial charge in [0.05, 0.1) is 11.7 Å². The van der Waals surface area contributed by atoms with Crippen LogP contribution in [0.4, 0.5) is 5.82 Å². The van der Waals surface area contributed by atoms with Gasteiger partial charge in [0.15, 0.2) is 0 Å². The molecule has 0 bridgehead atoms. The lowest BCUT2D eigenvalue weighted by Gasteiger charge is -2.35. The molecule has 1 aromatic heterocycles. The minimum Gasteiger partial charge on any atom is -0.316 e. The van der Waals surface area contributed by atoms with Crippen molar-refractivity contribution in [1.29, 1.82) is 0 Å². The molecular formula is C15H25N5O. The van der Waals surface area contributed by atoms with Crippen molar-refractivity contribution in [3.63, 3.8) is 0 Å². The van der Waals surface area contributed by atoms with Crippen LogP contribution < -0.4 is 10.2 Å². The van der Waals surface area contributed by atoms with Crippen LogP contribution in [0.15, 0.2) is 6.07 Å². The number of amides is 1. The number of likely N-dealkylation sites (N-methyl/N-ethyl adjacent to an activating group) is 1. The fourth-order valence-corrected chi connectivity index (χ4v) is 3.61. The summed E-state index contributed by atoms with van der Waals surface area (Å²) in [6, 6.07) is 2.54. The molecule has 1 aromatic rings. The van der Waals surface area contributed by atoms with Crippen molar-refractivity contribution in [1.82, 2.24) is 20.0 Å². The molecule has 1 N–H and O–H groups in total. The van der Waals surface area contributed by atoms with E-state index in [2.05, 4.69) is 15.3 Å². The summed E-state index contributed by atoms with van der Waals surface area (Å²) in [7, 11) is 3.91. The number of carbonyl (C=O) groups excluding carboxylic acids is 1. The molecule has 116 valence electrons. The first-order valence-electron chi connectivity index (χ1n) is 7.83. The Kier molecular flexibility index (Phi) is 3.99. The third kappa shape index (κ3) is 2.70. The third-order valence-corrected chi connectivity index (χ3v) is 4.73. The molecule has 21 heavy (non-hydrogen) atoms. The molecule has 0 radical (unpaired) electrons. The number of aromatic nitrogens is 2. The van der Waals surface area contributed by atoms with E-state index in [1.165, 1.54) is 12.8 Å². The van der Waals surface area contributed by atoms with Gasteiger partial charge in [0.25, 0.3) is 0 Å². The summed E-state index contributed by atoms with van der Waals surface area (Å²) in [5.41, 5.74) is 0.956. The first-order valence-corrected chi connectivity index (χ1v) is 7.83. The molecule has 0 aliphatic carbocycles. The Morgan fingerprint density at radius 3 is 2.81 bits per heavy atom. The van der Waals surface area contributed by atoms with Crippen LogP contribution in [0.5, 0.6) is 0 Å². The van der Waals surface area contributed by atoms with Crippen LogP contribution >= 0.6 is 0 Å². The van der Waals surface area contributed by atoms with Crippen molar-refractivity contribution in [2.45, 2.75) is 38.3 Å². The van der Waals surface area contributed by atoms with E-state index < -0.39 is 0 Å². The predicted molar refractivity (Wildman–Crippen MR) is 82.4 cm³/mol. The van der Waals surface area contributed by atoms with Crippen molar-refractivity contribution in [2.24, 2.45) is 7.05 Å². The number of nitrogens with zero attached hydrogens (tertiary/aromatic N) is 4. The Hall–Kier alpha value is -1.40. The summed E-state index contributed by atoms with van der Waals surface area (Å²) in [5.74, 6) is 1.15. The highest BCUT2D eigenvalue weighted by Crippen LogP contribution is 2.26. The molecule has 6 heteroatoms. The standard InChI is InChI=1S/C15H25N5O/c1-11-9-14(18(3)17-11)20-8-6-13(15(20)21)19-7-4-5-12(10-19)16-2/h9,12-13,16H,4-8,10H2,1-3H3. The molecule has 0 spiro atoms. The minimum absolute atomic E-state index is 0.0383. The number of nitrogens with one attached hydrogen (secondary N) is 1. The molecule has 2 saturated heterocycles. The van der Waals surface area contributed by atoms with Crippen molar-refractivity contribution >= 4 is 11.7 Å². The molecule has 2 unspecified atom stereocenters. The van der Waals surface area contributed by atoms with E-state index in [1.807, 2.05) is 36.7 Å². The van der Waals surface area contributed by atoms with Crippen LogP contribution in [0.1, 0.15) is 25.0 Å². The Balaban J connectivity index is 1.73. The quantitative estimate of drug-likeness (QED) is 0.882. The zero-order valence-corrected chi connectivity index (χ0v) is 13.2. The van der Waals surface area contributed by atoms with Crippen molar-refractivity contribution in [3.05, 3.63) is 11.8 Å². The van der Waals surface area contributed by atoms with Gasteiger partial charge in [0.1, 0.15) is 5.82 Å². The molecule has 6 nitrogen and oxygen atoms in total. The zero-order valence-electron chi connectivity index (χ0n) is 13.2. The van der Waals surface area contributed by atoms with E-state index in [0.717, 1.165) is 37.6 Å². The number of hydrogen-bond donors (Lipinski definition) is 1. The lowest BCUT2D eigenvalue weighted by Crippen LogP contribution is -2.51. The van der Waals surface area contributed by atoms with E-state index in [9.17, 15) is 4.79 Å². The van der Waals surface area contributed by atoms with Crippen LogP contribution in [0.3, 0.4) is 0 Å². The molecule has 0 aromatic carbocycles. The Morgan fingerprint density at radius 2 is 2.14 bits per heavy atom. The minimum atomic E-state index is 0.0383. The number of hydrogen-bond acceptors (Lipinski definition) is 4. The van der Waals surface area contributed by atoms with Crippen LogP contribution in [-0.4, -0.2) is 59.4 Å². The zero-order chi connectivity index (χ0) is 15.0. The summed E-state index contributed by atoms with van der Waals surface area (Å²) in [4.78, 5) is 17.0. The van der Waals surface area contributed by atoms with Gasteiger partial charge in [-0.2, -0.15) is 5.10 Å². The molecule has 3 heterocycles. The first-order chi connectivity index (χ1) is 10.1. The summed E-state index contributed by atoms with van der Waals surface area (Å²) < 4.78 is 1.81. The maximum Gasteiger partial charge on any atom is 0.245 e. The van der Waals surface area contributed by atoms with E-state index in [4.69, 9.17) is 0 Å². The second-order valence-electron chi connectivity index (χ2n) is 6.18. The van der Waals surface area contributed by atoms with Crippen LogP contribution in [0, 0.1) is 6.92 Å². The number of piperidine rings is 1. The lowest BCUT2D eigenvalue weighted by atomic mass is 10.0. The van der Waals surface area contributed by atoms with Gasteiger partial charge >= 0.3 is 0 Å². The average Bonchev–Trinajstić information content (AvgIpc) is 3.01. The van der Waals surface area contributed by atoms with Gasteiger partial charge in [-0.25, -0.2) is 0 Å². The predicted octanol–water partition coefficient (Wildman–Crippen LogP) is 0.518. The van der Waals surface area contributed by atoms with E-state index in [-0.39, 0.29) is 11.9 Å². The SMILES string of the molecule is CNC1CCCN(C2CCN(c3cc(C)nn3C)C2=O)C1. The number of carbonyl (C=O) groups is 1.